The fraction of sp³-hybridized carbons (Fsp3) is 0.200. The van der Waals surface area contributed by atoms with Crippen molar-refractivity contribution in [3.05, 3.63) is 57.0 Å². The highest BCUT2D eigenvalue weighted by Crippen LogP contribution is 2.34. The number of methoxy groups -OCH3 is 2. The van der Waals surface area contributed by atoms with Gasteiger partial charge >= 0.3 is 0 Å². The Hall–Kier alpha value is -1.27. The summed E-state index contributed by atoms with van der Waals surface area (Å²) in [5.74, 6) is 7.21. The van der Waals surface area contributed by atoms with E-state index in [9.17, 15) is 0 Å². The molecule has 1 unspecified atom stereocenters. The standard InChI is InChI=1S/C15H16BrClN2O2/c1-20-10-4-6-14(21-2)11(8-10)15(19-18)9-3-5-13(17)12(16)7-9/h3-8,15,19H,18H2,1-2H3. The molecule has 0 spiro atoms. The molecule has 0 aliphatic carbocycles. The van der Waals surface area contributed by atoms with Gasteiger partial charge in [-0.25, -0.2) is 5.43 Å². The molecule has 6 heteroatoms. The van der Waals surface area contributed by atoms with Gasteiger partial charge in [-0.05, 0) is 51.8 Å². The van der Waals surface area contributed by atoms with Gasteiger partial charge in [0.15, 0.2) is 0 Å². The molecule has 112 valence electrons. The highest BCUT2D eigenvalue weighted by molar-refractivity contribution is 9.10. The number of halogens is 2. The number of hydrazine groups is 1. The maximum Gasteiger partial charge on any atom is 0.124 e. The molecule has 0 radical (unpaired) electrons. The number of hydrogen-bond acceptors (Lipinski definition) is 4. The van der Waals surface area contributed by atoms with E-state index in [1.54, 1.807) is 14.2 Å². The highest BCUT2D eigenvalue weighted by Gasteiger charge is 2.18. The van der Waals surface area contributed by atoms with Crippen LogP contribution in [0.25, 0.3) is 0 Å². The fourth-order valence-corrected chi connectivity index (χ4v) is 2.64. The molecule has 0 saturated carbocycles. The third kappa shape index (κ3) is 3.49. The molecule has 21 heavy (non-hydrogen) atoms. The smallest absolute Gasteiger partial charge is 0.124 e. The maximum absolute atomic E-state index is 6.04. The number of benzene rings is 2. The van der Waals surface area contributed by atoms with Crippen molar-refractivity contribution in [3.63, 3.8) is 0 Å². The van der Waals surface area contributed by atoms with Gasteiger partial charge in [0.2, 0.25) is 0 Å². The first-order valence-corrected chi connectivity index (χ1v) is 7.40. The van der Waals surface area contributed by atoms with Crippen LogP contribution < -0.4 is 20.7 Å². The van der Waals surface area contributed by atoms with Crippen LogP contribution in [0.4, 0.5) is 0 Å². The Labute approximate surface area is 137 Å². The van der Waals surface area contributed by atoms with E-state index in [0.29, 0.717) is 5.02 Å². The molecule has 0 aliphatic heterocycles. The highest BCUT2D eigenvalue weighted by atomic mass is 79.9. The summed E-state index contributed by atoms with van der Waals surface area (Å²) >= 11 is 9.46. The van der Waals surface area contributed by atoms with Crippen molar-refractivity contribution in [1.29, 1.82) is 0 Å². The Morgan fingerprint density at radius 1 is 1.14 bits per heavy atom. The minimum atomic E-state index is -0.247. The minimum Gasteiger partial charge on any atom is -0.497 e. The molecular weight excluding hydrogens is 356 g/mol. The maximum atomic E-state index is 6.04. The SMILES string of the molecule is COc1ccc(OC)c(C(NN)c2ccc(Cl)c(Br)c2)c1. The van der Waals surface area contributed by atoms with E-state index in [0.717, 1.165) is 27.1 Å². The predicted molar refractivity (Wildman–Crippen MR) is 87.9 cm³/mol. The lowest BCUT2D eigenvalue weighted by Crippen LogP contribution is -2.29. The second kappa shape index (κ2) is 7.13. The van der Waals surface area contributed by atoms with Crippen LogP contribution in [-0.2, 0) is 0 Å². The average molecular weight is 372 g/mol. The van der Waals surface area contributed by atoms with E-state index in [-0.39, 0.29) is 6.04 Å². The molecule has 2 rings (SSSR count). The fourth-order valence-electron chi connectivity index (χ4n) is 2.12. The first-order valence-electron chi connectivity index (χ1n) is 6.23. The Bertz CT molecular complexity index is 637. The number of hydrogen-bond donors (Lipinski definition) is 2. The molecule has 0 bridgehead atoms. The van der Waals surface area contributed by atoms with Crippen LogP contribution in [0, 0.1) is 0 Å². The van der Waals surface area contributed by atoms with Crippen LogP contribution in [-0.4, -0.2) is 14.2 Å². The predicted octanol–water partition coefficient (Wildman–Crippen LogP) is 3.67. The lowest BCUT2D eigenvalue weighted by Gasteiger charge is -2.20. The quantitative estimate of drug-likeness (QED) is 0.622. The molecule has 0 heterocycles. The van der Waals surface area contributed by atoms with Crippen molar-refractivity contribution in [2.45, 2.75) is 6.04 Å². The van der Waals surface area contributed by atoms with Crippen molar-refractivity contribution in [3.8, 4) is 11.5 Å². The van der Waals surface area contributed by atoms with Gasteiger partial charge in [-0.1, -0.05) is 17.7 Å². The van der Waals surface area contributed by atoms with E-state index in [4.69, 9.17) is 26.9 Å². The zero-order valence-corrected chi connectivity index (χ0v) is 14.0. The Balaban J connectivity index is 2.51. The summed E-state index contributed by atoms with van der Waals surface area (Å²) in [5, 5.41) is 0.645. The van der Waals surface area contributed by atoms with Gasteiger partial charge in [0.05, 0.1) is 25.3 Å². The molecule has 0 aliphatic rings. The summed E-state index contributed by atoms with van der Waals surface area (Å²) in [5.41, 5.74) is 4.65. The molecule has 4 nitrogen and oxygen atoms in total. The topological polar surface area (TPSA) is 56.5 Å². The Morgan fingerprint density at radius 2 is 1.90 bits per heavy atom. The van der Waals surface area contributed by atoms with Crippen LogP contribution in [0.1, 0.15) is 17.2 Å². The normalized spacial score (nSPS) is 12.0. The number of nitrogens with one attached hydrogen (secondary N) is 1. The first-order chi connectivity index (χ1) is 10.1. The monoisotopic (exact) mass is 370 g/mol. The molecule has 0 fully saturated rings. The third-order valence-corrected chi connectivity index (χ3v) is 4.41. The van der Waals surface area contributed by atoms with Crippen molar-refractivity contribution in [2.24, 2.45) is 5.84 Å². The van der Waals surface area contributed by atoms with Crippen LogP contribution in [0.2, 0.25) is 5.02 Å². The molecule has 0 amide bonds. The molecule has 3 N–H and O–H groups in total. The number of ether oxygens (including phenoxy) is 2. The van der Waals surface area contributed by atoms with E-state index >= 15 is 0 Å². The molecule has 2 aromatic rings. The van der Waals surface area contributed by atoms with Crippen molar-refractivity contribution < 1.29 is 9.47 Å². The van der Waals surface area contributed by atoms with Gasteiger partial charge in [-0.2, -0.15) is 0 Å². The van der Waals surface area contributed by atoms with Crippen molar-refractivity contribution in [1.82, 2.24) is 5.43 Å². The van der Waals surface area contributed by atoms with E-state index in [2.05, 4.69) is 21.4 Å². The molecule has 1 atom stereocenters. The average Bonchev–Trinajstić information content (AvgIpc) is 2.51. The van der Waals surface area contributed by atoms with Gasteiger partial charge in [0.25, 0.3) is 0 Å². The second-order valence-corrected chi connectivity index (χ2v) is 5.64. The minimum absolute atomic E-state index is 0.247. The van der Waals surface area contributed by atoms with E-state index in [1.807, 2.05) is 36.4 Å². The molecule has 0 aromatic heterocycles. The van der Waals surface area contributed by atoms with Crippen molar-refractivity contribution in [2.75, 3.05) is 14.2 Å². The molecule has 0 saturated heterocycles. The summed E-state index contributed by atoms with van der Waals surface area (Å²) < 4.78 is 11.5. The largest absolute Gasteiger partial charge is 0.497 e. The van der Waals surface area contributed by atoms with Crippen LogP contribution in [0.3, 0.4) is 0 Å². The molecule has 2 aromatic carbocycles. The summed E-state index contributed by atoms with van der Waals surface area (Å²) in [6.07, 6.45) is 0. The lowest BCUT2D eigenvalue weighted by atomic mass is 9.98. The van der Waals surface area contributed by atoms with Crippen LogP contribution in [0.5, 0.6) is 11.5 Å². The summed E-state index contributed by atoms with van der Waals surface area (Å²) in [6, 6.07) is 11.0. The van der Waals surface area contributed by atoms with Crippen LogP contribution >= 0.6 is 27.5 Å². The second-order valence-electron chi connectivity index (χ2n) is 4.38. The number of nitrogens with two attached hydrogens (primary N) is 1. The lowest BCUT2D eigenvalue weighted by molar-refractivity contribution is 0.394. The number of rotatable bonds is 5. The first kappa shape index (κ1) is 16.1. The summed E-state index contributed by atoms with van der Waals surface area (Å²) in [7, 11) is 3.24. The van der Waals surface area contributed by atoms with Gasteiger partial charge < -0.3 is 9.47 Å². The van der Waals surface area contributed by atoms with Crippen molar-refractivity contribution >= 4 is 27.5 Å². The summed E-state index contributed by atoms with van der Waals surface area (Å²) in [6.45, 7) is 0. The Morgan fingerprint density at radius 3 is 2.48 bits per heavy atom. The summed E-state index contributed by atoms with van der Waals surface area (Å²) in [4.78, 5) is 0. The van der Waals surface area contributed by atoms with Crippen LogP contribution in [0.15, 0.2) is 40.9 Å². The van der Waals surface area contributed by atoms with E-state index < -0.39 is 0 Å². The molecular formula is C15H16BrClN2O2. The van der Waals surface area contributed by atoms with Gasteiger partial charge in [-0.15, -0.1) is 0 Å². The zero-order chi connectivity index (χ0) is 15.4. The van der Waals surface area contributed by atoms with Gasteiger partial charge in [0, 0.05) is 10.0 Å². The third-order valence-electron chi connectivity index (χ3n) is 3.19. The van der Waals surface area contributed by atoms with Gasteiger partial charge in [0.1, 0.15) is 11.5 Å². The zero-order valence-electron chi connectivity index (χ0n) is 11.7. The van der Waals surface area contributed by atoms with E-state index in [1.165, 1.54) is 0 Å². The Kier molecular flexibility index (Phi) is 5.47. The van der Waals surface area contributed by atoms with Gasteiger partial charge in [-0.3, -0.25) is 5.84 Å².